The average Bonchev–Trinajstić information content (AvgIpc) is 3.22. The summed E-state index contributed by atoms with van der Waals surface area (Å²) in [6.45, 7) is 1.78. The van der Waals surface area contributed by atoms with Crippen LogP contribution in [0, 0.1) is 30.3 Å². The fourth-order valence-electron chi connectivity index (χ4n) is 10.3. The molecule has 0 spiro atoms. The lowest BCUT2D eigenvalue weighted by atomic mass is 9.92. The maximum atomic E-state index is 14.2. The number of hydrogen-bond acceptors (Lipinski definition) is 16. The van der Waals surface area contributed by atoms with Crippen LogP contribution < -0.4 is 26.2 Å². The van der Waals surface area contributed by atoms with Gasteiger partial charge in [0.2, 0.25) is 0 Å². The highest BCUT2D eigenvalue weighted by Gasteiger charge is 2.38. The molecule has 0 unspecified atom stereocenters. The zero-order chi connectivity index (χ0) is 56.5. The van der Waals surface area contributed by atoms with Crippen molar-refractivity contribution in [2.45, 2.75) is 25.7 Å². The van der Waals surface area contributed by atoms with E-state index in [1.165, 1.54) is 60.7 Å². The predicted octanol–water partition coefficient (Wildman–Crippen LogP) is 7.31. The van der Waals surface area contributed by atoms with Gasteiger partial charge in [0.25, 0.3) is 64.3 Å². The third kappa shape index (κ3) is 11.1. The van der Waals surface area contributed by atoms with Crippen molar-refractivity contribution in [3.8, 4) is 0 Å². The Bertz CT molecular complexity index is 3730. The molecule has 0 saturated carbocycles. The fourth-order valence-corrected chi connectivity index (χ4v) is 10.3. The first-order valence-corrected chi connectivity index (χ1v) is 25.4. The van der Waals surface area contributed by atoms with E-state index in [1.54, 1.807) is 42.5 Å². The van der Waals surface area contributed by atoms with E-state index in [0.717, 1.165) is 20.8 Å². The number of carbonyl (C=O) groups is 8. The molecule has 0 atom stereocenters. The van der Waals surface area contributed by atoms with Crippen molar-refractivity contribution in [2.24, 2.45) is 0 Å². The monoisotopic (exact) mass is 1150 g/mol. The van der Waals surface area contributed by atoms with Crippen LogP contribution in [0.1, 0.15) is 109 Å². The van der Waals surface area contributed by atoms with Crippen LogP contribution in [0.4, 0.5) is 22.7 Å². The summed E-state index contributed by atoms with van der Waals surface area (Å²) in [6, 6.07) is 25.2. The van der Waals surface area contributed by atoms with Crippen LogP contribution >= 0.6 is 24.8 Å². The normalized spacial score (nSPS) is 13.3. The van der Waals surface area contributed by atoms with Gasteiger partial charge in [-0.15, -0.1) is 24.8 Å². The second-order valence-corrected chi connectivity index (χ2v) is 19.1. The summed E-state index contributed by atoms with van der Waals surface area (Å²) < 4.78 is 0. The third-order valence-electron chi connectivity index (χ3n) is 14.1. The summed E-state index contributed by atoms with van der Waals surface area (Å²) in [5, 5.41) is 49.1. The zero-order valence-corrected chi connectivity index (χ0v) is 44.7. The molecular weight excluding hydrogens is 1110 g/mol. The smallest absolute Gasteiger partial charge is 0.270 e. The quantitative estimate of drug-likeness (QED) is 0.0224. The van der Waals surface area contributed by atoms with E-state index in [-0.39, 0.29) is 124 Å². The number of hydrogen-bond donors (Lipinski definition) is 4. The number of halogens is 2. The van der Waals surface area contributed by atoms with Gasteiger partial charge in [0.15, 0.2) is 0 Å². The Hall–Kier alpha value is -9.62. The number of nitrogens with one attached hydrogen (secondary N) is 4. The molecule has 0 bridgehead atoms. The number of nitrogens with zero attached hydrogens (tertiary/aromatic N) is 6. The van der Waals surface area contributed by atoms with Crippen LogP contribution in [-0.4, -0.2) is 124 Å². The number of imide groups is 3. The molecule has 26 heteroatoms. The molecule has 10 rings (SSSR count). The first kappa shape index (κ1) is 58.5. The van der Waals surface area contributed by atoms with Gasteiger partial charge < -0.3 is 21.3 Å². The van der Waals surface area contributed by atoms with Crippen molar-refractivity contribution in [1.29, 1.82) is 0 Å². The number of non-ortho nitro benzene ring substituents is 3. The number of anilines is 1. The molecule has 0 radical (unpaired) electrons. The van der Waals surface area contributed by atoms with Crippen molar-refractivity contribution in [3.63, 3.8) is 0 Å². The molecule has 7 aromatic carbocycles. The van der Waals surface area contributed by atoms with Gasteiger partial charge in [-0.1, -0.05) is 36.4 Å². The Balaban J connectivity index is 0.00000440. The molecule has 3 heterocycles. The minimum atomic E-state index is -0.913. The van der Waals surface area contributed by atoms with Crippen LogP contribution in [0.5, 0.6) is 0 Å². The van der Waals surface area contributed by atoms with Gasteiger partial charge in [-0.3, -0.25) is 78.5 Å². The molecule has 24 nitrogen and oxygen atoms in total. The Morgan fingerprint density at radius 1 is 0.402 bits per heavy atom. The lowest BCUT2D eigenvalue weighted by Gasteiger charge is -2.27. The SMILES string of the molecule is Cl.Cl.O=C(NCCCNCCCN1C(=O)c2cccc3cc([N+](=O)[O-])cc(c23)C1=O)c1cc(C(=O)NCCCNCCCN2C(=O)c3cccc4cc([N+](=O)[O-])cc(c34)C2=O)cc(N2C(=O)c3cccc4cc([N+](=O)[O-])cc(c34)C2=O)c1. The van der Waals surface area contributed by atoms with Gasteiger partial charge >= 0.3 is 0 Å². The largest absolute Gasteiger partial charge is 0.352 e. The number of rotatable bonds is 22. The number of carbonyl (C=O) groups excluding carboxylic acids is 8. The van der Waals surface area contributed by atoms with Gasteiger partial charge in [0, 0.05) is 107 Å². The first-order chi connectivity index (χ1) is 38.5. The summed E-state index contributed by atoms with van der Waals surface area (Å²) in [7, 11) is 0. The molecule has 7 aromatic rings. The second kappa shape index (κ2) is 24.4. The van der Waals surface area contributed by atoms with E-state index in [0.29, 0.717) is 78.8 Å². The van der Waals surface area contributed by atoms with Crippen LogP contribution in [-0.2, 0) is 0 Å². The summed E-state index contributed by atoms with van der Waals surface area (Å²) >= 11 is 0. The highest BCUT2D eigenvalue weighted by Crippen LogP contribution is 2.38. The Morgan fingerprint density at radius 3 is 1.11 bits per heavy atom. The zero-order valence-electron chi connectivity index (χ0n) is 43.1. The van der Waals surface area contributed by atoms with Gasteiger partial charge in [-0.2, -0.15) is 0 Å². The molecule has 0 fully saturated rings. The molecule has 0 aliphatic carbocycles. The molecule has 420 valence electrons. The Labute approximate surface area is 476 Å². The van der Waals surface area contributed by atoms with Crippen LogP contribution in [0.15, 0.2) is 109 Å². The summed E-state index contributed by atoms with van der Waals surface area (Å²) in [6.07, 6.45) is 1.47. The van der Waals surface area contributed by atoms with E-state index in [1.807, 2.05) is 0 Å². The van der Waals surface area contributed by atoms with Crippen molar-refractivity contribution < 1.29 is 53.1 Å². The molecule has 3 aliphatic heterocycles. The van der Waals surface area contributed by atoms with E-state index in [2.05, 4.69) is 21.3 Å². The molecule has 82 heavy (non-hydrogen) atoms. The summed E-state index contributed by atoms with van der Waals surface area (Å²) in [5.74, 6) is -5.30. The second-order valence-electron chi connectivity index (χ2n) is 19.1. The Morgan fingerprint density at radius 2 is 0.732 bits per heavy atom. The van der Waals surface area contributed by atoms with E-state index < -0.39 is 62.0 Å². The van der Waals surface area contributed by atoms with Gasteiger partial charge in [0.1, 0.15) is 0 Å². The molecule has 3 aliphatic rings. The lowest BCUT2D eigenvalue weighted by Crippen LogP contribution is -2.41. The maximum absolute atomic E-state index is 14.2. The molecule has 0 aromatic heterocycles. The van der Waals surface area contributed by atoms with Crippen molar-refractivity contribution in [2.75, 3.05) is 57.3 Å². The van der Waals surface area contributed by atoms with Crippen molar-refractivity contribution in [1.82, 2.24) is 31.1 Å². The molecule has 0 saturated heterocycles. The van der Waals surface area contributed by atoms with E-state index in [9.17, 15) is 68.7 Å². The van der Waals surface area contributed by atoms with Crippen molar-refractivity contribution in [3.05, 3.63) is 184 Å². The number of amides is 8. The summed E-state index contributed by atoms with van der Waals surface area (Å²) in [4.78, 5) is 146. The molecule has 8 amide bonds. The Kier molecular flexibility index (Phi) is 17.4. The lowest BCUT2D eigenvalue weighted by molar-refractivity contribution is -0.384. The standard InChI is InChI=1S/C56H46N10O14.2ClH/c67-49(59-18-4-14-57-16-6-20-61-51(69)40-11-1-8-31-23-37(64(75)76)28-43(46(31)40)53(61)71)34-22-35(27-36(26-34)63-55(73)42-13-3-10-33-25-39(66(79)80)30-45(48(33)42)56(63)74)50(68)60-19-5-15-58-17-7-21-62-52(70)41-12-2-9-32-24-38(65(77)78)29-44(47(32)41)54(62)72;;/h1-3,8-13,22-30,57-58H,4-7,14-21H2,(H,59,67)(H,60,68);2*1H. The van der Waals surface area contributed by atoms with Gasteiger partial charge in [0.05, 0.1) is 37.1 Å². The molecular formula is C56H48Cl2N10O14. The average molecular weight is 1160 g/mol. The number of benzene rings is 7. The van der Waals surface area contributed by atoms with Crippen LogP contribution in [0.3, 0.4) is 0 Å². The topological polar surface area (TPSA) is 324 Å². The minimum Gasteiger partial charge on any atom is -0.352 e. The third-order valence-corrected chi connectivity index (χ3v) is 14.1. The van der Waals surface area contributed by atoms with E-state index in [4.69, 9.17) is 0 Å². The fraction of sp³-hybridized carbons (Fsp3) is 0.214. The highest BCUT2D eigenvalue weighted by atomic mass is 35.5. The van der Waals surface area contributed by atoms with Crippen LogP contribution in [0.2, 0.25) is 0 Å². The van der Waals surface area contributed by atoms with Crippen LogP contribution in [0.25, 0.3) is 32.3 Å². The molecule has 4 N–H and O–H groups in total. The van der Waals surface area contributed by atoms with E-state index >= 15 is 0 Å². The van der Waals surface area contributed by atoms with Gasteiger partial charge in [-0.05, 0) is 104 Å². The highest BCUT2D eigenvalue weighted by molar-refractivity contribution is 6.36. The number of nitro groups is 3. The minimum absolute atomic E-state index is 0. The number of nitro benzene ring substituents is 3. The van der Waals surface area contributed by atoms with Gasteiger partial charge in [-0.25, -0.2) is 4.90 Å². The maximum Gasteiger partial charge on any atom is 0.270 e. The van der Waals surface area contributed by atoms with Crippen molar-refractivity contribution >= 4 is 127 Å². The first-order valence-electron chi connectivity index (χ1n) is 25.4. The summed E-state index contributed by atoms with van der Waals surface area (Å²) in [5.41, 5.74) is -0.618. The predicted molar refractivity (Wildman–Crippen MR) is 303 cm³/mol.